The van der Waals surface area contributed by atoms with E-state index >= 15 is 0 Å². The highest BCUT2D eigenvalue weighted by Crippen LogP contribution is 2.18. The summed E-state index contributed by atoms with van der Waals surface area (Å²) >= 11 is 0. The van der Waals surface area contributed by atoms with Crippen molar-refractivity contribution in [3.63, 3.8) is 0 Å². The van der Waals surface area contributed by atoms with Crippen LogP contribution >= 0.6 is 0 Å². The fraction of sp³-hybridized carbons (Fsp3) is 0.125. The van der Waals surface area contributed by atoms with Gasteiger partial charge in [0.05, 0.1) is 12.7 Å². The molecular formula is C16H14N4O3. The maximum atomic E-state index is 11.9. The molecule has 0 bridgehead atoms. The van der Waals surface area contributed by atoms with Crippen LogP contribution in [-0.2, 0) is 11.3 Å². The van der Waals surface area contributed by atoms with Crippen LogP contribution in [0.1, 0.15) is 12.7 Å². The number of oxazole rings is 1. The van der Waals surface area contributed by atoms with Gasteiger partial charge in [0.25, 0.3) is 0 Å². The first-order valence-electron chi connectivity index (χ1n) is 6.96. The van der Waals surface area contributed by atoms with Gasteiger partial charge in [-0.2, -0.15) is 0 Å². The second-order valence-electron chi connectivity index (χ2n) is 4.88. The number of hydrogen-bond acceptors (Lipinski definition) is 5. The first-order valence-corrected chi connectivity index (χ1v) is 6.96. The van der Waals surface area contributed by atoms with Crippen molar-refractivity contribution < 1.29 is 9.21 Å². The molecule has 7 nitrogen and oxygen atoms in total. The monoisotopic (exact) mass is 310 g/mol. The molecule has 3 aromatic heterocycles. The molecule has 3 aromatic rings. The third-order valence-corrected chi connectivity index (χ3v) is 3.21. The Morgan fingerprint density at radius 3 is 2.65 bits per heavy atom. The lowest BCUT2D eigenvalue weighted by Gasteiger charge is -2.02. The molecule has 7 heteroatoms. The fourth-order valence-corrected chi connectivity index (χ4v) is 2.08. The average molecular weight is 310 g/mol. The van der Waals surface area contributed by atoms with Crippen molar-refractivity contribution in [1.82, 2.24) is 19.9 Å². The summed E-state index contributed by atoms with van der Waals surface area (Å²) in [5.74, 6) is 0.0746. The van der Waals surface area contributed by atoms with Gasteiger partial charge in [0.2, 0.25) is 5.91 Å². The van der Waals surface area contributed by atoms with Gasteiger partial charge in [0.15, 0.2) is 0 Å². The second kappa shape index (κ2) is 6.27. The molecule has 0 atom stereocenters. The SMILES string of the molecule is CC(=O)NCc1cn(-c2ccc(-c3ccncc3)cn2)c(=O)o1. The molecule has 0 saturated heterocycles. The molecule has 0 aliphatic heterocycles. The van der Waals surface area contributed by atoms with E-state index in [1.165, 1.54) is 17.7 Å². The molecule has 0 spiro atoms. The molecule has 0 radical (unpaired) electrons. The largest absolute Gasteiger partial charge is 0.425 e. The van der Waals surface area contributed by atoms with Gasteiger partial charge < -0.3 is 9.73 Å². The third kappa shape index (κ3) is 3.34. The summed E-state index contributed by atoms with van der Waals surface area (Å²) in [6.45, 7) is 1.56. The summed E-state index contributed by atoms with van der Waals surface area (Å²) in [4.78, 5) is 31.0. The van der Waals surface area contributed by atoms with Gasteiger partial charge in [0.1, 0.15) is 11.6 Å². The predicted octanol–water partition coefficient (Wildman–Crippen LogP) is 1.52. The summed E-state index contributed by atoms with van der Waals surface area (Å²) in [7, 11) is 0. The fourth-order valence-electron chi connectivity index (χ4n) is 2.08. The van der Waals surface area contributed by atoms with Crippen LogP contribution in [0.25, 0.3) is 16.9 Å². The van der Waals surface area contributed by atoms with Gasteiger partial charge in [-0.3, -0.25) is 9.78 Å². The van der Waals surface area contributed by atoms with Crippen molar-refractivity contribution in [2.24, 2.45) is 0 Å². The van der Waals surface area contributed by atoms with E-state index in [1.807, 2.05) is 18.2 Å². The lowest BCUT2D eigenvalue weighted by molar-refractivity contribution is -0.119. The van der Waals surface area contributed by atoms with Crippen molar-refractivity contribution in [3.05, 3.63) is 65.4 Å². The number of amides is 1. The number of aromatic nitrogens is 3. The van der Waals surface area contributed by atoms with Crippen molar-refractivity contribution in [1.29, 1.82) is 0 Å². The molecule has 0 unspecified atom stereocenters. The zero-order chi connectivity index (χ0) is 16.2. The van der Waals surface area contributed by atoms with E-state index in [1.54, 1.807) is 24.7 Å². The molecule has 1 amide bonds. The minimum Gasteiger partial charge on any atom is -0.411 e. The van der Waals surface area contributed by atoms with E-state index in [4.69, 9.17) is 4.42 Å². The van der Waals surface area contributed by atoms with Gasteiger partial charge in [-0.15, -0.1) is 0 Å². The summed E-state index contributed by atoms with van der Waals surface area (Å²) in [6.07, 6.45) is 6.61. The Bertz CT molecular complexity index is 866. The first-order chi connectivity index (χ1) is 11.1. The Hall–Kier alpha value is -3.22. The molecule has 3 rings (SSSR count). The van der Waals surface area contributed by atoms with E-state index in [0.717, 1.165) is 11.1 Å². The van der Waals surface area contributed by atoms with E-state index in [0.29, 0.717) is 11.6 Å². The second-order valence-corrected chi connectivity index (χ2v) is 4.88. The van der Waals surface area contributed by atoms with Gasteiger partial charge >= 0.3 is 5.76 Å². The van der Waals surface area contributed by atoms with E-state index in [9.17, 15) is 9.59 Å². The van der Waals surface area contributed by atoms with Crippen LogP contribution in [-0.4, -0.2) is 20.4 Å². The zero-order valence-corrected chi connectivity index (χ0v) is 12.4. The van der Waals surface area contributed by atoms with Crippen molar-refractivity contribution in [2.45, 2.75) is 13.5 Å². The van der Waals surface area contributed by atoms with Crippen LogP contribution in [0.4, 0.5) is 0 Å². The highest BCUT2D eigenvalue weighted by molar-refractivity contribution is 5.72. The molecule has 116 valence electrons. The number of carbonyl (C=O) groups is 1. The van der Waals surface area contributed by atoms with Gasteiger partial charge in [-0.25, -0.2) is 14.3 Å². The third-order valence-electron chi connectivity index (χ3n) is 3.21. The predicted molar refractivity (Wildman–Crippen MR) is 82.9 cm³/mol. The normalized spacial score (nSPS) is 10.5. The molecule has 0 aromatic carbocycles. The lowest BCUT2D eigenvalue weighted by Crippen LogP contribution is -2.18. The Kier molecular flexibility index (Phi) is 4.01. The molecule has 0 fully saturated rings. The number of nitrogens with zero attached hydrogens (tertiary/aromatic N) is 3. The Morgan fingerprint density at radius 1 is 1.22 bits per heavy atom. The maximum Gasteiger partial charge on any atom is 0.425 e. The van der Waals surface area contributed by atoms with E-state index in [-0.39, 0.29) is 12.5 Å². The van der Waals surface area contributed by atoms with Crippen LogP contribution in [0.15, 0.2) is 58.3 Å². The molecule has 23 heavy (non-hydrogen) atoms. The van der Waals surface area contributed by atoms with Gasteiger partial charge in [0, 0.05) is 31.1 Å². The molecule has 3 heterocycles. The van der Waals surface area contributed by atoms with Gasteiger partial charge in [-0.1, -0.05) is 0 Å². The maximum absolute atomic E-state index is 11.9. The Balaban J connectivity index is 1.85. The van der Waals surface area contributed by atoms with Crippen LogP contribution in [0.2, 0.25) is 0 Å². The highest BCUT2D eigenvalue weighted by Gasteiger charge is 2.09. The average Bonchev–Trinajstić information content (AvgIpc) is 2.95. The molecule has 1 N–H and O–H groups in total. The lowest BCUT2D eigenvalue weighted by atomic mass is 10.1. The highest BCUT2D eigenvalue weighted by atomic mass is 16.4. The number of carbonyl (C=O) groups excluding carboxylic acids is 1. The van der Waals surface area contributed by atoms with E-state index < -0.39 is 5.76 Å². The first kappa shape index (κ1) is 14.7. The molecule has 0 saturated carbocycles. The Morgan fingerprint density at radius 2 is 2.00 bits per heavy atom. The quantitative estimate of drug-likeness (QED) is 0.789. The molecule has 0 aliphatic carbocycles. The van der Waals surface area contributed by atoms with Crippen molar-refractivity contribution in [3.8, 4) is 16.9 Å². The molecular weight excluding hydrogens is 296 g/mol. The van der Waals surface area contributed by atoms with Crippen LogP contribution in [0, 0.1) is 0 Å². The van der Waals surface area contributed by atoms with Crippen LogP contribution < -0.4 is 11.1 Å². The summed E-state index contributed by atoms with van der Waals surface area (Å²) in [6, 6.07) is 7.36. The summed E-state index contributed by atoms with van der Waals surface area (Å²) < 4.78 is 6.38. The minimum absolute atomic E-state index is 0.159. The van der Waals surface area contributed by atoms with E-state index in [2.05, 4.69) is 15.3 Å². The smallest absolute Gasteiger partial charge is 0.411 e. The number of rotatable bonds is 4. The Labute approximate surface area is 131 Å². The summed E-state index contributed by atoms with van der Waals surface area (Å²) in [5.41, 5.74) is 1.91. The zero-order valence-electron chi connectivity index (χ0n) is 12.4. The van der Waals surface area contributed by atoms with Gasteiger partial charge in [-0.05, 0) is 29.8 Å². The number of hydrogen-bond donors (Lipinski definition) is 1. The van der Waals surface area contributed by atoms with Crippen LogP contribution in [0.3, 0.4) is 0 Å². The standard InChI is InChI=1S/C16H14N4O3/c1-11(21)18-9-14-10-20(16(22)23-14)15-3-2-13(8-19-15)12-4-6-17-7-5-12/h2-8,10H,9H2,1H3,(H,18,21). The van der Waals surface area contributed by atoms with Crippen LogP contribution in [0.5, 0.6) is 0 Å². The summed E-state index contributed by atoms with van der Waals surface area (Å²) in [5, 5.41) is 2.57. The topological polar surface area (TPSA) is 90.0 Å². The van der Waals surface area contributed by atoms with Crippen molar-refractivity contribution in [2.75, 3.05) is 0 Å². The molecule has 0 aliphatic rings. The number of pyridine rings is 2. The minimum atomic E-state index is -0.547. The van der Waals surface area contributed by atoms with Crippen molar-refractivity contribution >= 4 is 5.91 Å². The number of nitrogens with one attached hydrogen (secondary N) is 1.